The lowest BCUT2D eigenvalue weighted by molar-refractivity contribution is -0.0647. The molecule has 0 saturated carbocycles. The molecule has 0 radical (unpaired) electrons. The van der Waals surface area contributed by atoms with Gasteiger partial charge in [-0.1, -0.05) is 36.4 Å². The number of aromatic nitrogens is 1. The number of hydrogen-bond acceptors (Lipinski definition) is 5. The van der Waals surface area contributed by atoms with Crippen molar-refractivity contribution in [3.8, 4) is 0 Å². The maximum atomic E-state index is 13.6. The second-order valence-electron chi connectivity index (χ2n) is 7.96. The van der Waals surface area contributed by atoms with Gasteiger partial charge in [0.05, 0.1) is 11.6 Å². The highest BCUT2D eigenvalue weighted by Crippen LogP contribution is 2.35. The van der Waals surface area contributed by atoms with Gasteiger partial charge in [-0.15, -0.1) is 0 Å². The number of ketones is 1. The summed E-state index contributed by atoms with van der Waals surface area (Å²) in [5.41, 5.74) is 1.42. The molecule has 148 valence electrons. The molecule has 3 heterocycles. The summed E-state index contributed by atoms with van der Waals surface area (Å²) in [5.74, 6) is 0.153. The maximum absolute atomic E-state index is 13.6. The summed E-state index contributed by atoms with van der Waals surface area (Å²) in [7, 11) is 0. The van der Waals surface area contributed by atoms with Crippen molar-refractivity contribution in [1.29, 1.82) is 0 Å². The topological polar surface area (TPSA) is 45.7 Å². The zero-order chi connectivity index (χ0) is 19.4. The molecule has 0 N–H and O–H groups in total. The van der Waals surface area contributed by atoms with Gasteiger partial charge < -0.3 is 4.74 Å². The number of rotatable bonds is 5. The van der Waals surface area contributed by atoms with Crippen LogP contribution in [0.2, 0.25) is 0 Å². The highest BCUT2D eigenvalue weighted by atomic mass is 16.5. The Morgan fingerprint density at radius 3 is 2.54 bits per heavy atom. The fraction of sp³-hybridized carbons (Fsp3) is 0.478. The van der Waals surface area contributed by atoms with Crippen LogP contribution in [0.4, 0.5) is 0 Å². The van der Waals surface area contributed by atoms with E-state index in [4.69, 9.17) is 4.74 Å². The molecule has 2 aromatic rings. The van der Waals surface area contributed by atoms with Crippen molar-refractivity contribution in [3.63, 3.8) is 0 Å². The van der Waals surface area contributed by atoms with Gasteiger partial charge in [0.1, 0.15) is 5.69 Å². The summed E-state index contributed by atoms with van der Waals surface area (Å²) >= 11 is 0. The number of Topliss-reactive ketones (excluding diaryl/α,β-unsaturated/α-hetero) is 1. The Bertz CT molecular complexity index is 775. The van der Waals surface area contributed by atoms with Crippen LogP contribution in [-0.4, -0.2) is 65.0 Å². The van der Waals surface area contributed by atoms with E-state index in [2.05, 4.69) is 52.0 Å². The van der Waals surface area contributed by atoms with E-state index < -0.39 is 5.54 Å². The minimum Gasteiger partial charge on any atom is -0.378 e. The second-order valence-corrected chi connectivity index (χ2v) is 7.96. The number of ether oxygens (including phenoxy) is 1. The molecule has 0 spiro atoms. The van der Waals surface area contributed by atoms with Gasteiger partial charge in [0.2, 0.25) is 5.78 Å². The lowest BCUT2D eigenvalue weighted by Crippen LogP contribution is -2.63. The summed E-state index contributed by atoms with van der Waals surface area (Å²) in [5, 5.41) is 0. The molecule has 5 heteroatoms. The normalized spacial score (nSPS) is 26.8. The van der Waals surface area contributed by atoms with Crippen LogP contribution >= 0.6 is 0 Å². The fourth-order valence-corrected chi connectivity index (χ4v) is 4.61. The van der Waals surface area contributed by atoms with Gasteiger partial charge in [-0.05, 0) is 37.5 Å². The number of piperazine rings is 1. The largest absolute Gasteiger partial charge is 0.378 e. The Balaban J connectivity index is 1.49. The Kier molecular flexibility index (Phi) is 5.85. The summed E-state index contributed by atoms with van der Waals surface area (Å²) in [6.45, 7) is 7.42. The molecule has 2 aliphatic heterocycles. The molecular weight excluding hydrogens is 350 g/mol. The van der Waals surface area contributed by atoms with E-state index in [-0.39, 0.29) is 11.9 Å². The standard InChI is InChI=1S/C23H29N3O2/c1-19-17-23(10-16-28-19,22(27)21-9-5-6-11-24-21)26-14-12-25(13-15-26)18-20-7-3-2-4-8-20/h2-9,11,19H,10,12-18H2,1H3/t19-,23+/m0/s1. The van der Waals surface area contributed by atoms with Crippen LogP contribution < -0.4 is 0 Å². The van der Waals surface area contributed by atoms with Crippen molar-refractivity contribution in [2.75, 3.05) is 32.8 Å². The average Bonchev–Trinajstić information content (AvgIpc) is 2.75. The first-order valence-electron chi connectivity index (χ1n) is 10.3. The van der Waals surface area contributed by atoms with Crippen LogP contribution in [0.5, 0.6) is 0 Å². The highest BCUT2D eigenvalue weighted by Gasteiger charge is 2.48. The third-order valence-electron chi connectivity index (χ3n) is 6.09. The SMILES string of the molecule is C[C@H]1C[C@](C(=O)c2ccccn2)(N2CCN(Cc3ccccc3)CC2)CCO1. The number of carbonyl (C=O) groups excluding carboxylic acids is 1. The van der Waals surface area contributed by atoms with Crippen molar-refractivity contribution in [3.05, 3.63) is 66.0 Å². The molecule has 1 aromatic carbocycles. The van der Waals surface area contributed by atoms with Gasteiger partial charge in [-0.25, -0.2) is 0 Å². The van der Waals surface area contributed by atoms with Crippen LogP contribution in [0.15, 0.2) is 54.7 Å². The van der Waals surface area contributed by atoms with E-state index in [1.54, 1.807) is 6.20 Å². The lowest BCUT2D eigenvalue weighted by atomic mass is 9.79. The van der Waals surface area contributed by atoms with Crippen LogP contribution in [0.1, 0.15) is 35.8 Å². The third-order valence-corrected chi connectivity index (χ3v) is 6.09. The molecule has 4 rings (SSSR count). The Morgan fingerprint density at radius 2 is 1.86 bits per heavy atom. The van der Waals surface area contributed by atoms with E-state index >= 15 is 0 Å². The van der Waals surface area contributed by atoms with Gasteiger partial charge in [0, 0.05) is 45.5 Å². The summed E-state index contributed by atoms with van der Waals surface area (Å²) in [6, 6.07) is 16.2. The number of hydrogen-bond donors (Lipinski definition) is 0. The molecule has 0 bridgehead atoms. The monoisotopic (exact) mass is 379 g/mol. The van der Waals surface area contributed by atoms with Gasteiger partial charge in [0.15, 0.2) is 0 Å². The van der Waals surface area contributed by atoms with E-state index in [0.29, 0.717) is 12.3 Å². The van der Waals surface area contributed by atoms with Crippen LogP contribution in [-0.2, 0) is 11.3 Å². The van der Waals surface area contributed by atoms with E-state index in [9.17, 15) is 4.79 Å². The molecule has 2 fully saturated rings. The van der Waals surface area contributed by atoms with Gasteiger partial charge in [-0.3, -0.25) is 19.6 Å². The molecule has 2 atom stereocenters. The average molecular weight is 380 g/mol. The molecule has 2 aliphatic rings. The molecule has 28 heavy (non-hydrogen) atoms. The summed E-state index contributed by atoms with van der Waals surface area (Å²) in [6.07, 6.45) is 3.28. The van der Waals surface area contributed by atoms with Gasteiger partial charge in [-0.2, -0.15) is 0 Å². The van der Waals surface area contributed by atoms with Crippen molar-refractivity contribution < 1.29 is 9.53 Å². The predicted molar refractivity (Wildman–Crippen MR) is 109 cm³/mol. The van der Waals surface area contributed by atoms with Crippen LogP contribution in [0.3, 0.4) is 0 Å². The Morgan fingerprint density at radius 1 is 1.11 bits per heavy atom. The first-order chi connectivity index (χ1) is 13.7. The summed E-state index contributed by atoms with van der Waals surface area (Å²) in [4.78, 5) is 22.8. The molecule has 1 aromatic heterocycles. The number of nitrogens with zero attached hydrogens (tertiary/aromatic N) is 3. The maximum Gasteiger partial charge on any atom is 0.201 e. The molecule has 5 nitrogen and oxygen atoms in total. The molecule has 2 saturated heterocycles. The van der Waals surface area contributed by atoms with E-state index in [1.165, 1.54) is 5.56 Å². The fourth-order valence-electron chi connectivity index (χ4n) is 4.61. The Hall–Kier alpha value is -2.08. The minimum atomic E-state index is -0.495. The van der Waals surface area contributed by atoms with Crippen molar-refractivity contribution in [1.82, 2.24) is 14.8 Å². The van der Waals surface area contributed by atoms with E-state index in [0.717, 1.165) is 45.6 Å². The van der Waals surface area contributed by atoms with Gasteiger partial charge in [0.25, 0.3) is 0 Å². The second kappa shape index (κ2) is 8.52. The van der Waals surface area contributed by atoms with Crippen molar-refractivity contribution in [2.24, 2.45) is 0 Å². The first-order valence-corrected chi connectivity index (χ1v) is 10.3. The molecule has 0 unspecified atom stereocenters. The van der Waals surface area contributed by atoms with Gasteiger partial charge >= 0.3 is 0 Å². The van der Waals surface area contributed by atoms with Crippen molar-refractivity contribution in [2.45, 2.75) is 38.0 Å². The zero-order valence-corrected chi connectivity index (χ0v) is 16.6. The van der Waals surface area contributed by atoms with Crippen molar-refractivity contribution >= 4 is 5.78 Å². The minimum absolute atomic E-state index is 0.0868. The number of pyridine rings is 1. The first kappa shape index (κ1) is 19.2. The smallest absolute Gasteiger partial charge is 0.201 e. The predicted octanol–water partition coefficient (Wildman–Crippen LogP) is 3.02. The van der Waals surface area contributed by atoms with Crippen LogP contribution in [0, 0.1) is 0 Å². The Labute approximate surface area is 167 Å². The zero-order valence-electron chi connectivity index (χ0n) is 16.6. The lowest BCUT2D eigenvalue weighted by Gasteiger charge is -2.49. The van der Waals surface area contributed by atoms with Crippen LogP contribution in [0.25, 0.3) is 0 Å². The third kappa shape index (κ3) is 4.02. The molecular formula is C23H29N3O2. The molecule has 0 aliphatic carbocycles. The quantitative estimate of drug-likeness (QED) is 0.748. The highest BCUT2D eigenvalue weighted by molar-refractivity contribution is 6.01. The van der Waals surface area contributed by atoms with E-state index in [1.807, 2.05) is 18.2 Å². The number of carbonyl (C=O) groups is 1. The molecule has 0 amide bonds. The summed E-state index contributed by atoms with van der Waals surface area (Å²) < 4.78 is 5.80. The number of benzene rings is 1.